The van der Waals surface area contributed by atoms with Gasteiger partial charge in [-0.1, -0.05) is 44.4 Å². The number of likely N-dealkylation sites (tertiary alicyclic amines) is 1. The molecule has 3 aliphatic rings. The van der Waals surface area contributed by atoms with E-state index in [1.54, 1.807) is 0 Å². The molecule has 134 valence electrons. The number of fused-ring (bicyclic) bond motifs is 1. The van der Waals surface area contributed by atoms with Gasteiger partial charge in [0.1, 0.15) is 0 Å². The minimum atomic E-state index is -0.173. The van der Waals surface area contributed by atoms with Crippen LogP contribution in [0.4, 0.5) is 5.69 Å². The summed E-state index contributed by atoms with van der Waals surface area (Å²) in [6.45, 7) is 3.59. The van der Waals surface area contributed by atoms with Gasteiger partial charge in [-0.05, 0) is 36.8 Å². The molecule has 2 atom stereocenters. The summed E-state index contributed by atoms with van der Waals surface area (Å²) in [5.41, 5.74) is 2.30. The molecule has 0 bridgehead atoms. The maximum Gasteiger partial charge on any atom is 0.232 e. The van der Waals surface area contributed by atoms with E-state index >= 15 is 0 Å². The molecule has 4 nitrogen and oxygen atoms in total. The SMILES string of the molecule is CC1Cc2ccccc2N(C(=O)C2CC(=O)N(C3CCCCC3)C2)C1. The molecule has 2 fully saturated rings. The molecule has 2 heterocycles. The third-order valence-electron chi connectivity index (χ3n) is 6.13. The molecule has 2 amide bonds. The van der Waals surface area contributed by atoms with E-state index in [1.807, 2.05) is 21.9 Å². The maximum absolute atomic E-state index is 13.2. The van der Waals surface area contributed by atoms with Gasteiger partial charge >= 0.3 is 0 Å². The van der Waals surface area contributed by atoms with E-state index in [4.69, 9.17) is 0 Å². The molecule has 2 aliphatic heterocycles. The molecule has 0 aromatic heterocycles. The number of anilines is 1. The standard InChI is InChI=1S/C21H28N2O2/c1-15-11-16-7-5-6-10-19(16)23(13-15)21(25)17-12-20(24)22(14-17)18-8-3-2-4-9-18/h5-7,10,15,17-18H,2-4,8-9,11-14H2,1H3. The summed E-state index contributed by atoms with van der Waals surface area (Å²) in [6.07, 6.45) is 7.34. The number of nitrogens with zero attached hydrogens (tertiary/aromatic N) is 2. The van der Waals surface area contributed by atoms with Gasteiger partial charge in [-0.3, -0.25) is 9.59 Å². The van der Waals surface area contributed by atoms with Crippen molar-refractivity contribution in [1.82, 2.24) is 4.90 Å². The van der Waals surface area contributed by atoms with Crippen molar-refractivity contribution < 1.29 is 9.59 Å². The first-order valence-electron chi connectivity index (χ1n) is 9.82. The van der Waals surface area contributed by atoms with Gasteiger partial charge in [0.2, 0.25) is 11.8 Å². The summed E-state index contributed by atoms with van der Waals surface area (Å²) in [7, 11) is 0. The van der Waals surface area contributed by atoms with Gasteiger partial charge in [-0.25, -0.2) is 0 Å². The highest BCUT2D eigenvalue weighted by Crippen LogP contribution is 2.34. The molecule has 1 aliphatic carbocycles. The Balaban J connectivity index is 1.51. The second kappa shape index (κ2) is 6.81. The van der Waals surface area contributed by atoms with E-state index in [-0.39, 0.29) is 17.7 Å². The average molecular weight is 340 g/mol. The van der Waals surface area contributed by atoms with Crippen LogP contribution in [0.3, 0.4) is 0 Å². The van der Waals surface area contributed by atoms with Crippen molar-refractivity contribution in [3.8, 4) is 0 Å². The first kappa shape index (κ1) is 16.6. The largest absolute Gasteiger partial charge is 0.339 e. The fourth-order valence-corrected chi connectivity index (χ4v) is 4.87. The van der Waals surface area contributed by atoms with E-state index in [9.17, 15) is 9.59 Å². The number of rotatable bonds is 2. The fourth-order valence-electron chi connectivity index (χ4n) is 4.87. The monoisotopic (exact) mass is 340 g/mol. The number of carbonyl (C=O) groups excluding carboxylic acids is 2. The highest BCUT2D eigenvalue weighted by atomic mass is 16.2. The van der Waals surface area contributed by atoms with Crippen LogP contribution in [-0.4, -0.2) is 35.8 Å². The van der Waals surface area contributed by atoms with E-state index in [2.05, 4.69) is 19.1 Å². The first-order valence-corrected chi connectivity index (χ1v) is 9.82. The lowest BCUT2D eigenvalue weighted by Gasteiger charge is -2.35. The zero-order chi connectivity index (χ0) is 17.4. The van der Waals surface area contributed by atoms with E-state index in [0.717, 1.165) is 31.5 Å². The van der Waals surface area contributed by atoms with Crippen molar-refractivity contribution in [3.63, 3.8) is 0 Å². The predicted octanol–water partition coefficient (Wildman–Crippen LogP) is 3.39. The Hall–Kier alpha value is -1.84. The number of carbonyl (C=O) groups is 2. The van der Waals surface area contributed by atoms with Gasteiger partial charge in [-0.2, -0.15) is 0 Å². The average Bonchev–Trinajstić information content (AvgIpc) is 3.03. The highest BCUT2D eigenvalue weighted by Gasteiger charge is 2.41. The highest BCUT2D eigenvalue weighted by molar-refractivity contribution is 6.00. The van der Waals surface area contributed by atoms with Crippen molar-refractivity contribution in [3.05, 3.63) is 29.8 Å². The molecule has 25 heavy (non-hydrogen) atoms. The van der Waals surface area contributed by atoms with Gasteiger partial charge in [0, 0.05) is 31.2 Å². The lowest BCUT2D eigenvalue weighted by molar-refractivity contribution is -0.130. The molecule has 0 spiro atoms. The number of amides is 2. The van der Waals surface area contributed by atoms with Crippen LogP contribution in [0.15, 0.2) is 24.3 Å². The summed E-state index contributed by atoms with van der Waals surface area (Å²) in [5, 5.41) is 0. The van der Waals surface area contributed by atoms with E-state index in [1.165, 1.54) is 24.8 Å². The quantitative estimate of drug-likeness (QED) is 0.828. The van der Waals surface area contributed by atoms with Crippen LogP contribution in [0.1, 0.15) is 51.0 Å². The van der Waals surface area contributed by atoms with Crippen LogP contribution >= 0.6 is 0 Å². The molecule has 1 saturated carbocycles. The van der Waals surface area contributed by atoms with Crippen molar-refractivity contribution in [2.45, 2.75) is 57.9 Å². The van der Waals surface area contributed by atoms with Gasteiger partial charge in [-0.15, -0.1) is 0 Å². The normalized spacial score (nSPS) is 27.5. The summed E-state index contributed by atoms with van der Waals surface area (Å²) in [4.78, 5) is 29.7. The summed E-state index contributed by atoms with van der Waals surface area (Å²) < 4.78 is 0. The van der Waals surface area contributed by atoms with Crippen LogP contribution in [0, 0.1) is 11.8 Å². The minimum absolute atomic E-state index is 0.144. The van der Waals surface area contributed by atoms with Crippen molar-refractivity contribution >= 4 is 17.5 Å². The Morgan fingerprint density at radius 1 is 1.04 bits per heavy atom. The molecular formula is C21H28N2O2. The summed E-state index contributed by atoms with van der Waals surface area (Å²) >= 11 is 0. The van der Waals surface area contributed by atoms with Crippen LogP contribution < -0.4 is 4.90 Å². The molecule has 1 aromatic rings. The zero-order valence-electron chi connectivity index (χ0n) is 15.1. The van der Waals surface area contributed by atoms with Gasteiger partial charge in [0.05, 0.1) is 5.92 Å². The van der Waals surface area contributed by atoms with Crippen LogP contribution in [0.25, 0.3) is 0 Å². The predicted molar refractivity (Wildman–Crippen MR) is 98.4 cm³/mol. The molecule has 1 aromatic carbocycles. The molecule has 4 rings (SSSR count). The smallest absolute Gasteiger partial charge is 0.232 e. The number of hydrogen-bond donors (Lipinski definition) is 0. The molecule has 4 heteroatoms. The van der Waals surface area contributed by atoms with Gasteiger partial charge < -0.3 is 9.80 Å². The van der Waals surface area contributed by atoms with E-state index in [0.29, 0.717) is 24.9 Å². The van der Waals surface area contributed by atoms with Crippen LogP contribution in [0.2, 0.25) is 0 Å². The Labute approximate surface area is 150 Å². The third kappa shape index (κ3) is 3.19. The van der Waals surface area contributed by atoms with Gasteiger partial charge in [0.15, 0.2) is 0 Å². The molecule has 0 N–H and O–H groups in total. The molecule has 2 unspecified atom stereocenters. The van der Waals surface area contributed by atoms with Crippen LogP contribution in [0.5, 0.6) is 0 Å². The Morgan fingerprint density at radius 3 is 2.60 bits per heavy atom. The third-order valence-corrected chi connectivity index (χ3v) is 6.13. The molecule has 0 radical (unpaired) electrons. The number of benzene rings is 1. The molecule has 1 saturated heterocycles. The van der Waals surface area contributed by atoms with Crippen molar-refractivity contribution in [2.24, 2.45) is 11.8 Å². The first-order chi connectivity index (χ1) is 12.1. The Kier molecular flexibility index (Phi) is 4.53. The Bertz CT molecular complexity index is 666. The van der Waals surface area contributed by atoms with E-state index < -0.39 is 0 Å². The van der Waals surface area contributed by atoms with Crippen LogP contribution in [-0.2, 0) is 16.0 Å². The number of hydrogen-bond acceptors (Lipinski definition) is 2. The lowest BCUT2D eigenvalue weighted by atomic mass is 9.92. The Morgan fingerprint density at radius 2 is 1.80 bits per heavy atom. The second-order valence-corrected chi connectivity index (χ2v) is 8.13. The van der Waals surface area contributed by atoms with Gasteiger partial charge in [0.25, 0.3) is 0 Å². The second-order valence-electron chi connectivity index (χ2n) is 8.13. The topological polar surface area (TPSA) is 40.6 Å². The minimum Gasteiger partial charge on any atom is -0.339 e. The summed E-state index contributed by atoms with van der Waals surface area (Å²) in [5.74, 6) is 0.618. The maximum atomic E-state index is 13.2. The zero-order valence-corrected chi connectivity index (χ0v) is 15.1. The lowest BCUT2D eigenvalue weighted by Crippen LogP contribution is -2.44. The number of para-hydroxylation sites is 1. The summed E-state index contributed by atoms with van der Waals surface area (Å²) in [6, 6.07) is 8.59. The van der Waals surface area contributed by atoms with Crippen molar-refractivity contribution in [2.75, 3.05) is 18.0 Å². The fraction of sp³-hybridized carbons (Fsp3) is 0.619. The molecular weight excluding hydrogens is 312 g/mol. The van der Waals surface area contributed by atoms with Crippen molar-refractivity contribution in [1.29, 1.82) is 0 Å².